The van der Waals surface area contributed by atoms with Gasteiger partial charge in [0.15, 0.2) is 5.84 Å². The van der Waals surface area contributed by atoms with Crippen LogP contribution < -0.4 is 5.73 Å². The summed E-state index contributed by atoms with van der Waals surface area (Å²) in [4.78, 5) is 1.76. The van der Waals surface area contributed by atoms with E-state index in [0.717, 1.165) is 18.4 Å². The van der Waals surface area contributed by atoms with Crippen molar-refractivity contribution >= 4 is 17.2 Å². The van der Waals surface area contributed by atoms with Crippen molar-refractivity contribution in [3.63, 3.8) is 0 Å². The molecule has 20 heavy (non-hydrogen) atoms. The smallest absolute Gasteiger partial charge is 0.400 e. The van der Waals surface area contributed by atoms with Gasteiger partial charge in [-0.15, -0.1) is 0 Å². The van der Waals surface area contributed by atoms with Gasteiger partial charge in [-0.25, -0.2) is 0 Å². The highest BCUT2D eigenvalue weighted by Crippen LogP contribution is 2.33. The van der Waals surface area contributed by atoms with Gasteiger partial charge >= 0.3 is 6.18 Å². The zero-order valence-corrected chi connectivity index (χ0v) is 11.5. The molecular weight excluding hydrogens is 291 g/mol. The first-order valence-corrected chi connectivity index (χ1v) is 7.15. The molecule has 0 bridgehead atoms. The molecule has 112 valence electrons. The molecule has 1 aliphatic carbocycles. The van der Waals surface area contributed by atoms with Gasteiger partial charge in [-0.3, -0.25) is 4.90 Å². The van der Waals surface area contributed by atoms with E-state index in [0.29, 0.717) is 6.54 Å². The van der Waals surface area contributed by atoms with Gasteiger partial charge in [0.1, 0.15) is 5.92 Å². The number of alkyl halides is 3. The van der Waals surface area contributed by atoms with Crippen molar-refractivity contribution in [1.29, 1.82) is 0 Å². The van der Waals surface area contributed by atoms with Gasteiger partial charge in [-0.1, -0.05) is 5.16 Å². The molecule has 1 aliphatic rings. The molecular formula is C12H16F3N3OS. The maximum atomic E-state index is 13.0. The molecule has 2 rings (SSSR count). The normalized spacial score (nSPS) is 18.5. The van der Waals surface area contributed by atoms with Crippen molar-refractivity contribution in [2.24, 2.45) is 16.8 Å². The van der Waals surface area contributed by atoms with Crippen molar-refractivity contribution in [2.45, 2.75) is 31.6 Å². The average molecular weight is 307 g/mol. The zero-order chi connectivity index (χ0) is 14.8. The van der Waals surface area contributed by atoms with Crippen LogP contribution in [-0.2, 0) is 6.54 Å². The molecule has 1 heterocycles. The first kappa shape index (κ1) is 15.1. The average Bonchev–Trinajstić information content (AvgIpc) is 3.10. The number of thiophene rings is 1. The Labute approximate surface area is 118 Å². The number of amidine groups is 1. The molecule has 4 nitrogen and oxygen atoms in total. The van der Waals surface area contributed by atoms with Crippen molar-refractivity contribution in [2.75, 3.05) is 6.54 Å². The van der Waals surface area contributed by atoms with Gasteiger partial charge in [-0.05, 0) is 35.2 Å². The predicted molar refractivity (Wildman–Crippen MR) is 70.7 cm³/mol. The standard InChI is InChI=1S/C12H16F3N3OS/c13-12(14,15)10(11(16)17-19)6-18(9-1-2-9)5-8-3-4-20-7-8/h3-4,7,9-10,19H,1-2,5-6H2,(H2,16,17). The van der Waals surface area contributed by atoms with Crippen LogP contribution in [0.5, 0.6) is 0 Å². The van der Waals surface area contributed by atoms with Crippen LogP contribution in [-0.4, -0.2) is 34.7 Å². The van der Waals surface area contributed by atoms with Crippen LogP contribution in [0.25, 0.3) is 0 Å². The van der Waals surface area contributed by atoms with Crippen LogP contribution in [0.4, 0.5) is 13.2 Å². The Morgan fingerprint density at radius 1 is 1.55 bits per heavy atom. The van der Waals surface area contributed by atoms with Crippen LogP contribution in [0.2, 0.25) is 0 Å². The molecule has 0 saturated heterocycles. The zero-order valence-electron chi connectivity index (χ0n) is 10.7. The van der Waals surface area contributed by atoms with Crippen LogP contribution in [0, 0.1) is 5.92 Å². The van der Waals surface area contributed by atoms with Gasteiger partial charge in [0.25, 0.3) is 0 Å². The molecule has 0 aromatic carbocycles. The lowest BCUT2D eigenvalue weighted by molar-refractivity contribution is -0.161. The lowest BCUT2D eigenvalue weighted by atomic mass is 10.1. The Hall–Kier alpha value is -1.28. The molecule has 3 N–H and O–H groups in total. The largest absolute Gasteiger partial charge is 0.409 e. The molecule has 0 amide bonds. The number of nitrogens with zero attached hydrogens (tertiary/aromatic N) is 2. The summed E-state index contributed by atoms with van der Waals surface area (Å²) >= 11 is 1.51. The number of rotatable bonds is 6. The van der Waals surface area contributed by atoms with Crippen LogP contribution in [0.1, 0.15) is 18.4 Å². The van der Waals surface area contributed by atoms with Crippen molar-refractivity contribution in [1.82, 2.24) is 4.90 Å². The molecule has 1 aromatic heterocycles. The van der Waals surface area contributed by atoms with Crippen LogP contribution in [0.15, 0.2) is 22.0 Å². The highest BCUT2D eigenvalue weighted by Gasteiger charge is 2.45. The van der Waals surface area contributed by atoms with E-state index in [1.807, 2.05) is 16.8 Å². The Bertz CT molecular complexity index is 457. The second kappa shape index (κ2) is 6.01. The molecule has 1 saturated carbocycles. The van der Waals surface area contributed by atoms with Crippen molar-refractivity contribution in [3.8, 4) is 0 Å². The third-order valence-corrected chi connectivity index (χ3v) is 4.05. The molecule has 1 atom stereocenters. The van der Waals surface area contributed by atoms with Gasteiger partial charge < -0.3 is 10.9 Å². The van der Waals surface area contributed by atoms with Gasteiger partial charge in [0.2, 0.25) is 0 Å². The summed E-state index contributed by atoms with van der Waals surface area (Å²) in [5.74, 6) is -2.72. The third kappa shape index (κ3) is 3.86. The van der Waals surface area contributed by atoms with E-state index in [1.165, 1.54) is 11.3 Å². The van der Waals surface area contributed by atoms with E-state index >= 15 is 0 Å². The fourth-order valence-corrected chi connectivity index (χ4v) is 2.73. The minimum atomic E-state index is -4.52. The molecule has 0 spiro atoms. The Morgan fingerprint density at radius 3 is 2.70 bits per heavy atom. The summed E-state index contributed by atoms with van der Waals surface area (Å²) < 4.78 is 39.0. The van der Waals surface area contributed by atoms with Crippen molar-refractivity contribution < 1.29 is 18.4 Å². The monoisotopic (exact) mass is 307 g/mol. The highest BCUT2D eigenvalue weighted by molar-refractivity contribution is 7.07. The quantitative estimate of drug-likeness (QED) is 0.367. The number of halogens is 3. The number of hydrogen-bond acceptors (Lipinski definition) is 4. The summed E-state index contributed by atoms with van der Waals surface area (Å²) in [6.07, 6.45) is -2.73. The van der Waals surface area contributed by atoms with Gasteiger partial charge in [-0.2, -0.15) is 24.5 Å². The summed E-state index contributed by atoms with van der Waals surface area (Å²) in [5, 5.41) is 14.9. The molecule has 1 fully saturated rings. The SMILES string of the molecule is N/C(=N/O)C(CN(Cc1ccsc1)C1CC1)C(F)(F)F. The van der Waals surface area contributed by atoms with E-state index in [2.05, 4.69) is 5.16 Å². The Morgan fingerprint density at radius 2 is 2.25 bits per heavy atom. The number of hydrogen-bond donors (Lipinski definition) is 2. The van der Waals surface area contributed by atoms with E-state index in [1.54, 1.807) is 4.90 Å². The first-order valence-electron chi connectivity index (χ1n) is 6.21. The third-order valence-electron chi connectivity index (χ3n) is 3.31. The maximum absolute atomic E-state index is 13.0. The summed E-state index contributed by atoms with van der Waals surface area (Å²) in [6.45, 7) is 0.180. The molecule has 8 heteroatoms. The predicted octanol–water partition coefficient (Wildman–Crippen LogP) is 2.64. The molecule has 1 aromatic rings. The Kier molecular flexibility index (Phi) is 4.54. The van der Waals surface area contributed by atoms with Gasteiger partial charge in [0.05, 0.1) is 0 Å². The highest BCUT2D eigenvalue weighted by atomic mass is 32.1. The molecule has 0 radical (unpaired) electrons. The Balaban J connectivity index is 2.09. The number of nitrogens with two attached hydrogens (primary N) is 1. The first-order chi connectivity index (χ1) is 9.41. The van der Waals surface area contributed by atoms with E-state index < -0.39 is 17.9 Å². The maximum Gasteiger partial charge on any atom is 0.400 e. The topological polar surface area (TPSA) is 61.9 Å². The van der Waals surface area contributed by atoms with E-state index in [4.69, 9.17) is 10.9 Å². The fraction of sp³-hybridized carbons (Fsp3) is 0.583. The van der Waals surface area contributed by atoms with Crippen molar-refractivity contribution in [3.05, 3.63) is 22.4 Å². The summed E-state index contributed by atoms with van der Waals surface area (Å²) in [7, 11) is 0. The second-order valence-electron chi connectivity index (χ2n) is 4.91. The summed E-state index contributed by atoms with van der Waals surface area (Å²) in [6, 6.07) is 2.05. The minimum absolute atomic E-state index is 0.159. The minimum Gasteiger partial charge on any atom is -0.409 e. The van der Waals surface area contributed by atoms with E-state index in [-0.39, 0.29) is 12.6 Å². The number of oxime groups is 1. The molecule has 0 aliphatic heterocycles. The fourth-order valence-electron chi connectivity index (χ4n) is 2.07. The summed E-state index contributed by atoms with van der Waals surface area (Å²) in [5.41, 5.74) is 6.19. The van der Waals surface area contributed by atoms with Gasteiger partial charge in [0, 0.05) is 19.1 Å². The lowest BCUT2D eigenvalue weighted by Crippen LogP contribution is -2.44. The van der Waals surface area contributed by atoms with Crippen LogP contribution in [0.3, 0.4) is 0 Å². The van der Waals surface area contributed by atoms with Crippen LogP contribution >= 0.6 is 11.3 Å². The lowest BCUT2D eigenvalue weighted by Gasteiger charge is -2.28. The second-order valence-corrected chi connectivity index (χ2v) is 5.69. The van der Waals surface area contributed by atoms with E-state index in [9.17, 15) is 13.2 Å². The molecule has 1 unspecified atom stereocenters.